The topological polar surface area (TPSA) is 125 Å². The summed E-state index contributed by atoms with van der Waals surface area (Å²) >= 11 is 1.15. The van der Waals surface area contributed by atoms with Crippen LogP contribution in [0, 0.1) is 0 Å². The molecule has 9 nitrogen and oxygen atoms in total. The summed E-state index contributed by atoms with van der Waals surface area (Å²) in [5, 5.41) is 2.79. The third kappa shape index (κ3) is 7.19. The summed E-state index contributed by atoms with van der Waals surface area (Å²) in [4.78, 5) is 29.1. The summed E-state index contributed by atoms with van der Waals surface area (Å²) in [6.45, 7) is 5.81. The minimum absolute atomic E-state index is 0.0119. The van der Waals surface area contributed by atoms with Crippen LogP contribution in [0.1, 0.15) is 45.4 Å². The van der Waals surface area contributed by atoms with Gasteiger partial charge in [-0.2, -0.15) is 13.2 Å². The summed E-state index contributed by atoms with van der Waals surface area (Å²) < 4.78 is 60.0. The lowest BCUT2D eigenvalue weighted by Crippen LogP contribution is -2.54. The van der Waals surface area contributed by atoms with Crippen molar-refractivity contribution in [1.82, 2.24) is 5.32 Å². The highest BCUT2D eigenvalue weighted by molar-refractivity contribution is 8.14. The normalized spacial score (nSPS) is 19.8. The van der Waals surface area contributed by atoms with Crippen LogP contribution in [0.5, 0.6) is 5.75 Å². The SMILES string of the molecule is CCOC(C)(OCC)C1=N[C@](N)(C(=O)N[C@@H](CCC(F)(F)F)c2cc(OC)cc(=O)o2)CS1. The van der Waals surface area contributed by atoms with Crippen LogP contribution < -0.4 is 21.4 Å². The van der Waals surface area contributed by atoms with Gasteiger partial charge in [-0.3, -0.25) is 10.5 Å². The molecule has 0 saturated heterocycles. The van der Waals surface area contributed by atoms with Gasteiger partial charge in [0.05, 0.1) is 19.2 Å². The second-order valence-corrected chi connectivity index (χ2v) is 8.30. The fraction of sp³-hybridized carbons (Fsp3) is 0.650. The summed E-state index contributed by atoms with van der Waals surface area (Å²) in [6.07, 6.45) is -6.30. The number of nitrogens with two attached hydrogens (primary N) is 1. The molecule has 0 spiro atoms. The van der Waals surface area contributed by atoms with Crippen molar-refractivity contribution in [2.24, 2.45) is 10.7 Å². The van der Waals surface area contributed by atoms with Gasteiger partial charge in [-0.05, 0) is 27.2 Å². The number of ether oxygens (including phenoxy) is 3. The summed E-state index contributed by atoms with van der Waals surface area (Å²) in [5.41, 5.74) is 3.58. The molecule has 0 radical (unpaired) electrons. The Bertz CT molecular complexity index is 917. The van der Waals surface area contributed by atoms with Crippen LogP contribution in [-0.4, -0.2) is 54.7 Å². The summed E-state index contributed by atoms with van der Waals surface area (Å²) in [5.74, 6) is -2.15. The molecular formula is C20H28F3N3O6S. The van der Waals surface area contributed by atoms with Crippen molar-refractivity contribution in [3.05, 3.63) is 28.3 Å². The monoisotopic (exact) mass is 495 g/mol. The van der Waals surface area contributed by atoms with E-state index in [0.717, 1.165) is 17.8 Å². The van der Waals surface area contributed by atoms with E-state index < -0.39 is 48.0 Å². The van der Waals surface area contributed by atoms with Crippen molar-refractivity contribution in [1.29, 1.82) is 0 Å². The molecule has 0 fully saturated rings. The number of amides is 1. The average molecular weight is 496 g/mol. The Morgan fingerprint density at radius 2 is 1.97 bits per heavy atom. The van der Waals surface area contributed by atoms with Crippen LogP contribution in [0.3, 0.4) is 0 Å². The zero-order chi connectivity index (χ0) is 24.9. The number of halogens is 3. The first-order valence-electron chi connectivity index (χ1n) is 10.2. The Hall–Kier alpha value is -2.09. The van der Waals surface area contributed by atoms with E-state index in [9.17, 15) is 22.8 Å². The van der Waals surface area contributed by atoms with Gasteiger partial charge in [0, 0.05) is 31.5 Å². The van der Waals surface area contributed by atoms with Crippen LogP contribution in [0.25, 0.3) is 0 Å². The molecule has 1 aliphatic heterocycles. The predicted octanol–water partition coefficient (Wildman–Crippen LogP) is 2.74. The fourth-order valence-corrected chi connectivity index (χ4v) is 4.29. The molecule has 1 aromatic rings. The Kier molecular flexibility index (Phi) is 8.96. The molecule has 1 aromatic heterocycles. The number of hydrogen-bond acceptors (Lipinski definition) is 9. The molecule has 2 atom stereocenters. The fourth-order valence-electron chi connectivity index (χ4n) is 3.13. The van der Waals surface area contributed by atoms with Crippen LogP contribution in [0.15, 0.2) is 26.3 Å². The molecule has 186 valence electrons. The smallest absolute Gasteiger partial charge is 0.389 e. The van der Waals surface area contributed by atoms with E-state index >= 15 is 0 Å². The van der Waals surface area contributed by atoms with E-state index in [1.54, 1.807) is 20.8 Å². The van der Waals surface area contributed by atoms with E-state index in [1.807, 2.05) is 0 Å². The maximum absolute atomic E-state index is 13.0. The van der Waals surface area contributed by atoms with Crippen LogP contribution in [-0.2, 0) is 14.3 Å². The Morgan fingerprint density at radius 3 is 2.52 bits per heavy atom. The van der Waals surface area contributed by atoms with Gasteiger partial charge in [0.15, 0.2) is 5.66 Å². The van der Waals surface area contributed by atoms with Crippen molar-refractivity contribution < 1.29 is 36.6 Å². The third-order valence-electron chi connectivity index (χ3n) is 4.72. The van der Waals surface area contributed by atoms with E-state index in [2.05, 4.69) is 10.3 Å². The van der Waals surface area contributed by atoms with Crippen LogP contribution >= 0.6 is 11.8 Å². The second-order valence-electron chi connectivity index (χ2n) is 7.34. The maximum atomic E-state index is 13.0. The third-order valence-corrected chi connectivity index (χ3v) is 6.04. The van der Waals surface area contributed by atoms with Gasteiger partial charge in [-0.1, -0.05) is 0 Å². The van der Waals surface area contributed by atoms with Gasteiger partial charge in [0.1, 0.15) is 16.6 Å². The van der Waals surface area contributed by atoms with Gasteiger partial charge in [0.2, 0.25) is 5.79 Å². The van der Waals surface area contributed by atoms with Crippen LogP contribution in [0.2, 0.25) is 0 Å². The Balaban J connectivity index is 2.32. The van der Waals surface area contributed by atoms with E-state index in [0.29, 0.717) is 18.3 Å². The lowest BCUT2D eigenvalue weighted by Gasteiger charge is -2.28. The number of carbonyl (C=O) groups is 1. The molecule has 33 heavy (non-hydrogen) atoms. The Labute approximate surface area is 193 Å². The van der Waals surface area contributed by atoms with Gasteiger partial charge in [-0.15, -0.1) is 11.8 Å². The average Bonchev–Trinajstić information content (AvgIpc) is 3.14. The van der Waals surface area contributed by atoms with Crippen molar-refractivity contribution in [3.8, 4) is 5.75 Å². The predicted molar refractivity (Wildman–Crippen MR) is 116 cm³/mol. The highest BCUT2D eigenvalue weighted by atomic mass is 32.2. The number of nitrogens with one attached hydrogen (secondary N) is 1. The molecule has 1 amide bonds. The van der Waals surface area contributed by atoms with E-state index in [4.69, 9.17) is 24.4 Å². The second kappa shape index (κ2) is 10.9. The molecule has 0 aliphatic carbocycles. The molecule has 1 aliphatic rings. The zero-order valence-electron chi connectivity index (χ0n) is 18.8. The lowest BCUT2D eigenvalue weighted by atomic mass is 10.1. The van der Waals surface area contributed by atoms with Gasteiger partial charge < -0.3 is 23.9 Å². The highest BCUT2D eigenvalue weighted by Crippen LogP contribution is 2.34. The van der Waals surface area contributed by atoms with Crippen molar-refractivity contribution in [3.63, 3.8) is 0 Å². The molecule has 13 heteroatoms. The number of rotatable bonds is 11. The number of methoxy groups -OCH3 is 1. The molecule has 0 unspecified atom stereocenters. The quantitative estimate of drug-likeness (QED) is 0.449. The van der Waals surface area contributed by atoms with Gasteiger partial charge in [0.25, 0.3) is 5.91 Å². The minimum atomic E-state index is -4.49. The first kappa shape index (κ1) is 27.2. The standard InChI is InChI=1S/C20H28F3N3O6S/c1-5-30-18(3,31-6-2)17-26-19(24,11-33-17)16(28)25-13(7-8-20(21,22)23)14-9-12(29-4)10-15(27)32-14/h9-10,13H,5-8,11,24H2,1-4H3,(H,25,28)/t13-,19-/m0/s1. The minimum Gasteiger partial charge on any atom is -0.496 e. The maximum Gasteiger partial charge on any atom is 0.389 e. The summed E-state index contributed by atoms with van der Waals surface area (Å²) in [7, 11) is 1.29. The first-order chi connectivity index (χ1) is 15.4. The van der Waals surface area contributed by atoms with Crippen molar-refractivity contribution >= 4 is 22.7 Å². The first-order valence-corrected chi connectivity index (χ1v) is 11.2. The van der Waals surface area contributed by atoms with Crippen LogP contribution in [0.4, 0.5) is 13.2 Å². The highest BCUT2D eigenvalue weighted by Gasteiger charge is 2.46. The Morgan fingerprint density at radius 1 is 1.33 bits per heavy atom. The number of nitrogens with zero attached hydrogens (tertiary/aromatic N) is 1. The van der Waals surface area contributed by atoms with Crippen molar-refractivity contribution in [2.75, 3.05) is 26.1 Å². The molecule has 0 bridgehead atoms. The number of aliphatic imine (C=N–C) groups is 1. The molecule has 3 N–H and O–H groups in total. The molecule has 2 heterocycles. The van der Waals surface area contributed by atoms with Gasteiger partial charge in [-0.25, -0.2) is 9.79 Å². The van der Waals surface area contributed by atoms with E-state index in [-0.39, 0.29) is 17.3 Å². The number of hydrogen-bond donors (Lipinski definition) is 2. The summed E-state index contributed by atoms with van der Waals surface area (Å²) in [6, 6.07) is 0.977. The number of alkyl halides is 3. The molecule has 0 aromatic carbocycles. The van der Waals surface area contributed by atoms with Crippen molar-refractivity contribution in [2.45, 2.75) is 57.3 Å². The molecule has 2 rings (SSSR count). The van der Waals surface area contributed by atoms with E-state index in [1.165, 1.54) is 13.2 Å². The largest absolute Gasteiger partial charge is 0.496 e. The number of carbonyl (C=O) groups excluding carboxylic acids is 1. The number of thioether (sulfide) groups is 1. The molecular weight excluding hydrogens is 467 g/mol. The van der Waals surface area contributed by atoms with Gasteiger partial charge >= 0.3 is 11.8 Å². The molecule has 0 saturated carbocycles. The zero-order valence-corrected chi connectivity index (χ0v) is 19.6. The lowest BCUT2D eigenvalue weighted by molar-refractivity contribution is -0.169.